The number of nitriles is 1. The van der Waals surface area contributed by atoms with Gasteiger partial charge >= 0.3 is 0 Å². The Morgan fingerprint density at radius 2 is 2.00 bits per heavy atom. The lowest BCUT2D eigenvalue weighted by atomic mass is 9.92. The van der Waals surface area contributed by atoms with Gasteiger partial charge in [-0.1, -0.05) is 13.8 Å². The van der Waals surface area contributed by atoms with Gasteiger partial charge in [-0.3, -0.25) is 5.32 Å². The van der Waals surface area contributed by atoms with Crippen LogP contribution in [0.3, 0.4) is 0 Å². The van der Waals surface area contributed by atoms with Crippen molar-refractivity contribution in [1.29, 1.82) is 5.26 Å². The van der Waals surface area contributed by atoms with E-state index in [-0.39, 0.29) is 5.54 Å². The molecular formula is C14H28N4. The van der Waals surface area contributed by atoms with Gasteiger partial charge in [0.1, 0.15) is 5.54 Å². The summed E-state index contributed by atoms with van der Waals surface area (Å²) >= 11 is 0. The van der Waals surface area contributed by atoms with Crippen molar-refractivity contribution < 1.29 is 0 Å². The second kappa shape index (κ2) is 7.73. The molecule has 1 aliphatic rings. The van der Waals surface area contributed by atoms with E-state index in [1.165, 1.54) is 0 Å². The molecule has 104 valence electrons. The molecule has 1 N–H and O–H groups in total. The van der Waals surface area contributed by atoms with Crippen LogP contribution < -0.4 is 5.32 Å². The first-order chi connectivity index (χ1) is 8.65. The fraction of sp³-hybridized carbons (Fsp3) is 0.929. The van der Waals surface area contributed by atoms with Crippen LogP contribution in [0.2, 0.25) is 0 Å². The molecule has 0 aliphatic carbocycles. The van der Waals surface area contributed by atoms with Crippen LogP contribution in [0.15, 0.2) is 0 Å². The maximum atomic E-state index is 9.49. The highest BCUT2D eigenvalue weighted by Gasteiger charge is 2.31. The number of hydrogen-bond donors (Lipinski definition) is 1. The Labute approximate surface area is 112 Å². The first-order valence-electron chi connectivity index (χ1n) is 7.23. The van der Waals surface area contributed by atoms with Gasteiger partial charge in [0.2, 0.25) is 0 Å². The van der Waals surface area contributed by atoms with E-state index in [1.54, 1.807) is 0 Å². The average molecular weight is 252 g/mol. The van der Waals surface area contributed by atoms with Gasteiger partial charge in [0, 0.05) is 19.6 Å². The Kier molecular flexibility index (Phi) is 6.62. The standard InChI is InChI=1S/C14H28N4/c1-4-18(5-2)12-9-16-14(13-15)7-6-10-17(3)11-8-14/h16H,4-12H2,1-3H3. The summed E-state index contributed by atoms with van der Waals surface area (Å²) in [5, 5.41) is 13.0. The molecule has 0 spiro atoms. The Balaban J connectivity index is 2.43. The van der Waals surface area contributed by atoms with Crippen LogP contribution in [-0.2, 0) is 0 Å². The van der Waals surface area contributed by atoms with Crippen LogP contribution in [0.4, 0.5) is 0 Å². The summed E-state index contributed by atoms with van der Waals surface area (Å²) in [5.74, 6) is 0. The molecule has 1 rings (SSSR count). The number of rotatable bonds is 6. The lowest BCUT2D eigenvalue weighted by Crippen LogP contribution is -2.47. The third-order valence-corrected chi connectivity index (χ3v) is 4.06. The Morgan fingerprint density at radius 1 is 1.28 bits per heavy atom. The van der Waals surface area contributed by atoms with Crippen LogP contribution >= 0.6 is 0 Å². The maximum Gasteiger partial charge on any atom is 0.108 e. The molecule has 0 amide bonds. The van der Waals surface area contributed by atoms with Crippen molar-refractivity contribution in [2.75, 3.05) is 46.3 Å². The molecule has 0 bridgehead atoms. The van der Waals surface area contributed by atoms with E-state index in [0.29, 0.717) is 0 Å². The fourth-order valence-electron chi connectivity index (χ4n) is 2.59. The first kappa shape index (κ1) is 15.4. The Morgan fingerprint density at radius 3 is 2.61 bits per heavy atom. The molecule has 1 atom stereocenters. The predicted octanol–water partition coefficient (Wildman–Crippen LogP) is 1.30. The van der Waals surface area contributed by atoms with Gasteiger partial charge in [0.05, 0.1) is 6.07 Å². The van der Waals surface area contributed by atoms with Gasteiger partial charge in [-0.25, -0.2) is 0 Å². The zero-order valence-corrected chi connectivity index (χ0v) is 12.2. The van der Waals surface area contributed by atoms with Crippen LogP contribution in [0.1, 0.15) is 33.1 Å². The van der Waals surface area contributed by atoms with E-state index in [1.807, 2.05) is 0 Å². The summed E-state index contributed by atoms with van der Waals surface area (Å²) in [4.78, 5) is 4.71. The molecule has 1 aliphatic heterocycles. The normalized spacial score (nSPS) is 25.9. The summed E-state index contributed by atoms with van der Waals surface area (Å²) < 4.78 is 0. The zero-order valence-electron chi connectivity index (χ0n) is 12.2. The molecule has 0 aromatic rings. The largest absolute Gasteiger partial charge is 0.306 e. The van der Waals surface area contributed by atoms with E-state index in [0.717, 1.165) is 58.5 Å². The Hall–Kier alpha value is -0.630. The molecule has 0 radical (unpaired) electrons. The number of likely N-dealkylation sites (N-methyl/N-ethyl adjacent to an activating group) is 1. The predicted molar refractivity (Wildman–Crippen MR) is 75.5 cm³/mol. The molecule has 18 heavy (non-hydrogen) atoms. The van der Waals surface area contributed by atoms with Gasteiger partial charge < -0.3 is 9.80 Å². The topological polar surface area (TPSA) is 42.3 Å². The fourth-order valence-corrected chi connectivity index (χ4v) is 2.59. The number of nitrogens with one attached hydrogen (secondary N) is 1. The lowest BCUT2D eigenvalue weighted by Gasteiger charge is -2.28. The van der Waals surface area contributed by atoms with Crippen molar-refractivity contribution in [2.24, 2.45) is 0 Å². The molecule has 1 saturated heterocycles. The molecule has 1 heterocycles. The summed E-state index contributed by atoms with van der Waals surface area (Å²) in [6, 6.07) is 2.53. The highest BCUT2D eigenvalue weighted by molar-refractivity contribution is 5.08. The summed E-state index contributed by atoms with van der Waals surface area (Å²) in [5.41, 5.74) is -0.294. The van der Waals surface area contributed by atoms with Crippen LogP contribution in [0, 0.1) is 11.3 Å². The van der Waals surface area contributed by atoms with E-state index in [9.17, 15) is 5.26 Å². The van der Waals surface area contributed by atoms with E-state index < -0.39 is 0 Å². The van der Waals surface area contributed by atoms with Crippen molar-refractivity contribution in [1.82, 2.24) is 15.1 Å². The summed E-state index contributed by atoms with van der Waals surface area (Å²) in [7, 11) is 2.14. The van der Waals surface area contributed by atoms with Crippen molar-refractivity contribution in [3.63, 3.8) is 0 Å². The van der Waals surface area contributed by atoms with Crippen molar-refractivity contribution >= 4 is 0 Å². The van der Waals surface area contributed by atoms with Crippen LogP contribution in [-0.4, -0.2) is 61.7 Å². The quantitative estimate of drug-likeness (QED) is 0.773. The second-order valence-corrected chi connectivity index (χ2v) is 5.30. The SMILES string of the molecule is CCN(CC)CCNC1(C#N)CCCN(C)CC1. The van der Waals surface area contributed by atoms with Gasteiger partial charge in [-0.15, -0.1) is 0 Å². The molecular weight excluding hydrogens is 224 g/mol. The third kappa shape index (κ3) is 4.56. The van der Waals surface area contributed by atoms with E-state index in [4.69, 9.17) is 0 Å². The van der Waals surface area contributed by atoms with Gasteiger partial charge in [0.25, 0.3) is 0 Å². The number of hydrogen-bond acceptors (Lipinski definition) is 4. The highest BCUT2D eigenvalue weighted by Crippen LogP contribution is 2.20. The maximum absolute atomic E-state index is 9.49. The highest BCUT2D eigenvalue weighted by atomic mass is 15.1. The zero-order chi connectivity index (χ0) is 13.4. The molecule has 1 unspecified atom stereocenters. The van der Waals surface area contributed by atoms with Crippen molar-refractivity contribution in [3.8, 4) is 6.07 Å². The Bertz CT molecular complexity index is 269. The monoisotopic (exact) mass is 252 g/mol. The van der Waals surface area contributed by atoms with Gasteiger partial charge in [0.15, 0.2) is 0 Å². The molecule has 0 aromatic heterocycles. The minimum atomic E-state index is -0.294. The van der Waals surface area contributed by atoms with Gasteiger partial charge in [-0.2, -0.15) is 5.26 Å². The van der Waals surface area contributed by atoms with Crippen molar-refractivity contribution in [2.45, 2.75) is 38.6 Å². The smallest absolute Gasteiger partial charge is 0.108 e. The molecule has 4 heteroatoms. The van der Waals surface area contributed by atoms with E-state index >= 15 is 0 Å². The first-order valence-corrected chi connectivity index (χ1v) is 7.23. The summed E-state index contributed by atoms with van der Waals surface area (Å²) in [6.45, 7) is 10.6. The lowest BCUT2D eigenvalue weighted by molar-refractivity contribution is 0.275. The second-order valence-electron chi connectivity index (χ2n) is 5.30. The molecule has 1 fully saturated rings. The third-order valence-electron chi connectivity index (χ3n) is 4.06. The minimum absolute atomic E-state index is 0.294. The van der Waals surface area contributed by atoms with Crippen molar-refractivity contribution in [3.05, 3.63) is 0 Å². The molecule has 0 aromatic carbocycles. The van der Waals surface area contributed by atoms with Crippen LogP contribution in [0.25, 0.3) is 0 Å². The average Bonchev–Trinajstić information content (AvgIpc) is 2.58. The molecule has 0 saturated carbocycles. The van der Waals surface area contributed by atoms with E-state index in [2.05, 4.69) is 42.1 Å². The van der Waals surface area contributed by atoms with Gasteiger partial charge in [-0.05, 0) is 45.9 Å². The number of likely N-dealkylation sites (tertiary alicyclic amines) is 1. The minimum Gasteiger partial charge on any atom is -0.306 e. The summed E-state index contributed by atoms with van der Waals surface area (Å²) in [6.07, 6.45) is 3.03. The van der Waals surface area contributed by atoms with Crippen LogP contribution in [0.5, 0.6) is 0 Å². The number of nitrogens with zero attached hydrogens (tertiary/aromatic N) is 3. The molecule has 4 nitrogen and oxygen atoms in total.